The van der Waals surface area contributed by atoms with Gasteiger partial charge in [-0.2, -0.15) is 11.8 Å². The van der Waals surface area contributed by atoms with Crippen LogP contribution in [0, 0.1) is 0 Å². The number of nitrogens with one attached hydrogen (secondary N) is 1. The van der Waals surface area contributed by atoms with E-state index in [4.69, 9.17) is 5.84 Å². The number of carbonyl (C=O) groups is 1. The molecule has 1 aromatic rings. The number of carbonyl (C=O) groups excluding carboxylic acids is 1. The highest BCUT2D eigenvalue weighted by atomic mass is 32.2. The summed E-state index contributed by atoms with van der Waals surface area (Å²) in [4.78, 5) is 10.8. The highest BCUT2D eigenvalue weighted by molar-refractivity contribution is 7.98. The summed E-state index contributed by atoms with van der Waals surface area (Å²) in [6.07, 6.45) is 2.50. The number of hydrogen-bond donors (Lipinski definition) is 2. The van der Waals surface area contributed by atoms with E-state index in [0.717, 1.165) is 24.3 Å². The van der Waals surface area contributed by atoms with Gasteiger partial charge in [0.2, 0.25) is 5.91 Å². The molecule has 0 radical (unpaired) electrons. The van der Waals surface area contributed by atoms with Crippen LogP contribution in [0.25, 0.3) is 0 Å². The first kappa shape index (κ1) is 13.1. The molecule has 88 valence electrons. The van der Waals surface area contributed by atoms with Gasteiger partial charge in [0.05, 0.1) is 0 Å². The second-order valence-electron chi connectivity index (χ2n) is 3.56. The molecule has 1 aromatic carbocycles. The minimum absolute atomic E-state index is 0.0759. The lowest BCUT2D eigenvalue weighted by atomic mass is 10.2. The first-order chi connectivity index (χ1) is 7.83. The Morgan fingerprint density at radius 1 is 1.25 bits per heavy atom. The number of unbranched alkanes of at least 4 members (excludes halogenated alkanes) is 1. The Labute approximate surface area is 101 Å². The number of thioether (sulfide) groups is 1. The van der Waals surface area contributed by atoms with E-state index in [9.17, 15) is 4.79 Å². The van der Waals surface area contributed by atoms with Crippen molar-refractivity contribution in [2.75, 3.05) is 5.75 Å². The molecule has 0 aromatic heterocycles. The van der Waals surface area contributed by atoms with Crippen LogP contribution in [0.2, 0.25) is 0 Å². The monoisotopic (exact) mass is 238 g/mol. The largest absolute Gasteiger partial charge is 0.294 e. The fraction of sp³-hybridized carbons (Fsp3) is 0.417. The lowest BCUT2D eigenvalue weighted by Crippen LogP contribution is -2.29. The first-order valence-corrected chi connectivity index (χ1v) is 6.59. The number of nitrogens with two attached hydrogens (primary N) is 1. The van der Waals surface area contributed by atoms with E-state index in [0.29, 0.717) is 6.42 Å². The number of amides is 1. The van der Waals surface area contributed by atoms with E-state index in [1.54, 1.807) is 0 Å². The van der Waals surface area contributed by atoms with Crippen molar-refractivity contribution in [1.82, 2.24) is 5.43 Å². The molecule has 0 spiro atoms. The third kappa shape index (κ3) is 5.78. The lowest BCUT2D eigenvalue weighted by molar-refractivity contribution is -0.121. The predicted octanol–water partition coefficient (Wildman–Crippen LogP) is 2.08. The van der Waals surface area contributed by atoms with Gasteiger partial charge in [0.25, 0.3) is 0 Å². The molecule has 16 heavy (non-hydrogen) atoms. The van der Waals surface area contributed by atoms with Crippen LogP contribution in [0.4, 0.5) is 0 Å². The van der Waals surface area contributed by atoms with E-state index in [2.05, 4.69) is 29.7 Å². The van der Waals surface area contributed by atoms with Gasteiger partial charge >= 0.3 is 0 Å². The summed E-state index contributed by atoms with van der Waals surface area (Å²) in [5.74, 6) is 7.04. The number of benzene rings is 1. The van der Waals surface area contributed by atoms with Gasteiger partial charge in [0.15, 0.2) is 0 Å². The first-order valence-electron chi connectivity index (χ1n) is 5.44. The molecule has 0 unspecified atom stereocenters. The van der Waals surface area contributed by atoms with Crippen LogP contribution in [0.5, 0.6) is 0 Å². The van der Waals surface area contributed by atoms with Crippen molar-refractivity contribution in [2.45, 2.75) is 25.0 Å². The van der Waals surface area contributed by atoms with Crippen LogP contribution in [0.1, 0.15) is 24.8 Å². The zero-order valence-corrected chi connectivity index (χ0v) is 10.1. The minimum atomic E-state index is -0.0759. The van der Waals surface area contributed by atoms with Crippen LogP contribution in [-0.2, 0) is 10.5 Å². The molecule has 0 aliphatic carbocycles. The minimum Gasteiger partial charge on any atom is -0.294 e. The van der Waals surface area contributed by atoms with Crippen molar-refractivity contribution in [2.24, 2.45) is 5.84 Å². The summed E-state index contributed by atoms with van der Waals surface area (Å²) in [6.45, 7) is 0. The van der Waals surface area contributed by atoms with Gasteiger partial charge in [-0.25, -0.2) is 5.84 Å². The van der Waals surface area contributed by atoms with Crippen molar-refractivity contribution in [3.05, 3.63) is 35.9 Å². The molecule has 0 aliphatic heterocycles. The molecular formula is C12H18N2OS. The maximum absolute atomic E-state index is 10.8. The molecule has 0 saturated carbocycles. The summed E-state index contributed by atoms with van der Waals surface area (Å²) in [5, 5.41) is 0. The summed E-state index contributed by atoms with van der Waals surface area (Å²) < 4.78 is 0. The number of hydrogen-bond acceptors (Lipinski definition) is 3. The van der Waals surface area contributed by atoms with Crippen LogP contribution < -0.4 is 11.3 Å². The Balaban J connectivity index is 1.98. The fourth-order valence-corrected chi connectivity index (χ4v) is 2.31. The van der Waals surface area contributed by atoms with Crippen molar-refractivity contribution in [3.8, 4) is 0 Å². The van der Waals surface area contributed by atoms with Gasteiger partial charge in [-0.05, 0) is 24.2 Å². The lowest BCUT2D eigenvalue weighted by Gasteiger charge is -2.02. The van der Waals surface area contributed by atoms with Crippen molar-refractivity contribution in [3.63, 3.8) is 0 Å². The molecule has 0 saturated heterocycles. The van der Waals surface area contributed by atoms with E-state index in [1.165, 1.54) is 5.56 Å². The van der Waals surface area contributed by atoms with Crippen molar-refractivity contribution >= 4 is 17.7 Å². The third-order valence-electron chi connectivity index (χ3n) is 2.22. The Hall–Kier alpha value is -1.00. The fourth-order valence-electron chi connectivity index (χ4n) is 1.33. The van der Waals surface area contributed by atoms with E-state index >= 15 is 0 Å². The molecule has 3 N–H and O–H groups in total. The van der Waals surface area contributed by atoms with E-state index < -0.39 is 0 Å². The number of rotatable bonds is 7. The average molecular weight is 238 g/mol. The summed E-state index contributed by atoms with van der Waals surface area (Å²) in [7, 11) is 0. The molecule has 4 heteroatoms. The SMILES string of the molecule is NNC(=O)CCCCSCc1ccccc1. The van der Waals surface area contributed by atoms with Crippen LogP contribution in [0.15, 0.2) is 30.3 Å². The Kier molecular flexibility index (Phi) is 6.69. The van der Waals surface area contributed by atoms with Crippen LogP contribution in [-0.4, -0.2) is 11.7 Å². The normalized spacial score (nSPS) is 10.1. The topological polar surface area (TPSA) is 55.1 Å². The smallest absolute Gasteiger partial charge is 0.233 e. The van der Waals surface area contributed by atoms with Crippen molar-refractivity contribution in [1.29, 1.82) is 0 Å². The van der Waals surface area contributed by atoms with Gasteiger partial charge in [-0.15, -0.1) is 0 Å². The van der Waals surface area contributed by atoms with Gasteiger partial charge in [0, 0.05) is 12.2 Å². The molecule has 0 heterocycles. The highest BCUT2D eigenvalue weighted by Crippen LogP contribution is 2.13. The summed E-state index contributed by atoms with van der Waals surface area (Å²) in [6, 6.07) is 10.4. The van der Waals surface area contributed by atoms with E-state index in [1.807, 2.05) is 17.8 Å². The molecule has 0 atom stereocenters. The van der Waals surface area contributed by atoms with Gasteiger partial charge in [-0.1, -0.05) is 30.3 Å². The maximum Gasteiger partial charge on any atom is 0.233 e. The molecule has 3 nitrogen and oxygen atoms in total. The van der Waals surface area contributed by atoms with E-state index in [-0.39, 0.29) is 5.91 Å². The molecule has 0 bridgehead atoms. The molecule has 0 aliphatic rings. The molecule has 1 amide bonds. The molecule has 0 fully saturated rings. The Morgan fingerprint density at radius 3 is 2.69 bits per heavy atom. The van der Waals surface area contributed by atoms with Gasteiger partial charge in [-0.3, -0.25) is 10.2 Å². The quantitative estimate of drug-likeness (QED) is 0.331. The second-order valence-corrected chi connectivity index (χ2v) is 4.67. The maximum atomic E-state index is 10.8. The predicted molar refractivity (Wildman–Crippen MR) is 68.8 cm³/mol. The van der Waals surface area contributed by atoms with Gasteiger partial charge in [0.1, 0.15) is 0 Å². The highest BCUT2D eigenvalue weighted by Gasteiger charge is 1.98. The Bertz CT molecular complexity index is 303. The standard InChI is InChI=1S/C12H18N2OS/c13-14-12(15)8-4-5-9-16-10-11-6-2-1-3-7-11/h1-3,6-7H,4-5,8-10,13H2,(H,14,15). The van der Waals surface area contributed by atoms with Crippen LogP contribution >= 0.6 is 11.8 Å². The Morgan fingerprint density at radius 2 is 2.00 bits per heavy atom. The summed E-state index contributed by atoms with van der Waals surface area (Å²) in [5.41, 5.74) is 3.49. The number of hydrazine groups is 1. The zero-order valence-electron chi connectivity index (χ0n) is 9.32. The van der Waals surface area contributed by atoms with Gasteiger partial charge < -0.3 is 0 Å². The summed E-state index contributed by atoms with van der Waals surface area (Å²) >= 11 is 1.90. The molecule has 1 rings (SSSR count). The van der Waals surface area contributed by atoms with Crippen molar-refractivity contribution < 1.29 is 4.79 Å². The third-order valence-corrected chi connectivity index (χ3v) is 3.33. The van der Waals surface area contributed by atoms with Crippen LogP contribution in [0.3, 0.4) is 0 Å². The zero-order chi connectivity index (χ0) is 11.6. The second kappa shape index (κ2) is 8.19. The average Bonchev–Trinajstić information content (AvgIpc) is 2.34. The molecular weight excluding hydrogens is 220 g/mol.